The second-order valence-electron chi connectivity index (χ2n) is 8.36. The van der Waals surface area contributed by atoms with Gasteiger partial charge in [-0.25, -0.2) is 8.42 Å². The molecule has 0 radical (unpaired) electrons. The van der Waals surface area contributed by atoms with E-state index in [4.69, 9.17) is 9.47 Å². The summed E-state index contributed by atoms with van der Waals surface area (Å²) in [5, 5.41) is 3.10. The van der Waals surface area contributed by atoms with Crippen LogP contribution in [0, 0.1) is 0 Å². The third-order valence-corrected chi connectivity index (χ3v) is 6.56. The maximum Gasteiger partial charge on any atom is 0.261 e. The number of benzene rings is 2. The minimum atomic E-state index is -3.49. The summed E-state index contributed by atoms with van der Waals surface area (Å²) < 4.78 is 37.8. The number of carbonyl (C=O) groups excluding carboxylic acids is 1. The second-order valence-corrected chi connectivity index (χ2v) is 10.3. The van der Waals surface area contributed by atoms with Crippen molar-refractivity contribution in [2.75, 3.05) is 17.1 Å². The number of para-hydroxylation sites is 3. The molecule has 0 aliphatic carbocycles. The van der Waals surface area contributed by atoms with Crippen LogP contribution in [0.15, 0.2) is 48.5 Å². The number of anilines is 1. The highest BCUT2D eigenvalue weighted by Gasteiger charge is 2.37. The van der Waals surface area contributed by atoms with Gasteiger partial charge in [-0.2, -0.15) is 0 Å². The Morgan fingerprint density at radius 2 is 1.77 bits per heavy atom. The zero-order chi connectivity index (χ0) is 21.5. The molecule has 7 nitrogen and oxygen atoms in total. The monoisotopic (exact) mass is 430 g/mol. The summed E-state index contributed by atoms with van der Waals surface area (Å²) in [6, 6.07) is 14.3. The molecule has 0 spiro atoms. The summed E-state index contributed by atoms with van der Waals surface area (Å²) in [5.41, 5.74) is 0.959. The van der Waals surface area contributed by atoms with E-state index in [2.05, 4.69) is 5.32 Å². The predicted molar refractivity (Wildman–Crippen MR) is 114 cm³/mol. The largest absolute Gasteiger partial charge is 0.487 e. The first-order valence-corrected chi connectivity index (χ1v) is 11.8. The van der Waals surface area contributed by atoms with Crippen molar-refractivity contribution in [1.82, 2.24) is 5.32 Å². The lowest BCUT2D eigenvalue weighted by atomic mass is 9.89. The first-order chi connectivity index (χ1) is 14.1. The summed E-state index contributed by atoms with van der Waals surface area (Å²) in [5.74, 6) is 0.875. The number of sulfonamides is 1. The zero-order valence-corrected chi connectivity index (χ0v) is 18.1. The second kappa shape index (κ2) is 7.50. The molecule has 1 N–H and O–H groups in total. The molecule has 1 amide bonds. The van der Waals surface area contributed by atoms with Crippen molar-refractivity contribution in [3.8, 4) is 11.5 Å². The van der Waals surface area contributed by atoms with Crippen LogP contribution >= 0.6 is 0 Å². The quantitative estimate of drug-likeness (QED) is 0.809. The van der Waals surface area contributed by atoms with Crippen molar-refractivity contribution in [3.05, 3.63) is 54.1 Å². The summed E-state index contributed by atoms with van der Waals surface area (Å²) >= 11 is 0. The highest BCUT2D eigenvalue weighted by Crippen LogP contribution is 2.39. The molecule has 0 saturated heterocycles. The van der Waals surface area contributed by atoms with Gasteiger partial charge >= 0.3 is 0 Å². The van der Waals surface area contributed by atoms with Crippen molar-refractivity contribution in [1.29, 1.82) is 0 Å². The predicted octanol–water partition coefficient (Wildman–Crippen LogP) is 3.02. The lowest BCUT2D eigenvalue weighted by molar-refractivity contribution is -0.129. The number of carbonyl (C=O) groups is 1. The lowest BCUT2D eigenvalue weighted by Crippen LogP contribution is -2.46. The van der Waals surface area contributed by atoms with Crippen LogP contribution in [0.5, 0.6) is 11.5 Å². The number of nitrogens with one attached hydrogen (secondary N) is 1. The van der Waals surface area contributed by atoms with Gasteiger partial charge in [0.2, 0.25) is 10.0 Å². The number of rotatable bonds is 3. The highest BCUT2D eigenvalue weighted by molar-refractivity contribution is 7.92. The van der Waals surface area contributed by atoms with E-state index in [-0.39, 0.29) is 24.9 Å². The van der Waals surface area contributed by atoms with E-state index >= 15 is 0 Å². The van der Waals surface area contributed by atoms with Crippen molar-refractivity contribution >= 4 is 21.6 Å². The third kappa shape index (κ3) is 4.09. The fourth-order valence-corrected chi connectivity index (χ4v) is 5.00. The first-order valence-electron chi connectivity index (χ1n) is 9.96. The van der Waals surface area contributed by atoms with E-state index in [1.165, 1.54) is 4.31 Å². The SMILES string of the molecule is CC1(C)C[C@H](NC(=O)[C@H]2CCN(S(C)(=O)=O)c3ccccc3O2)c2ccccc2O1. The Labute approximate surface area is 177 Å². The van der Waals surface area contributed by atoms with Crippen LogP contribution in [0.3, 0.4) is 0 Å². The molecular formula is C22H26N2O5S. The number of ether oxygens (including phenoxy) is 2. The maximum absolute atomic E-state index is 13.2. The van der Waals surface area contributed by atoms with Gasteiger partial charge in [0.05, 0.1) is 18.0 Å². The summed E-state index contributed by atoms with van der Waals surface area (Å²) in [6.45, 7) is 4.15. The summed E-state index contributed by atoms with van der Waals surface area (Å²) in [4.78, 5) is 13.2. The maximum atomic E-state index is 13.2. The van der Waals surface area contributed by atoms with Crippen molar-refractivity contribution in [2.45, 2.75) is 44.4 Å². The topological polar surface area (TPSA) is 84.9 Å². The van der Waals surface area contributed by atoms with Gasteiger partial charge in [-0.05, 0) is 32.0 Å². The number of nitrogens with zero attached hydrogens (tertiary/aromatic N) is 1. The molecule has 160 valence electrons. The van der Waals surface area contributed by atoms with Crippen molar-refractivity contribution in [2.24, 2.45) is 0 Å². The van der Waals surface area contributed by atoms with Crippen LogP contribution in [0.2, 0.25) is 0 Å². The van der Waals surface area contributed by atoms with Gasteiger partial charge in [-0.15, -0.1) is 0 Å². The Morgan fingerprint density at radius 1 is 1.10 bits per heavy atom. The lowest BCUT2D eigenvalue weighted by Gasteiger charge is -2.38. The van der Waals surface area contributed by atoms with Crippen LogP contribution in [-0.2, 0) is 14.8 Å². The fourth-order valence-electron chi connectivity index (χ4n) is 4.05. The molecule has 2 aliphatic heterocycles. The number of hydrogen-bond acceptors (Lipinski definition) is 5. The van der Waals surface area contributed by atoms with Crippen LogP contribution in [0.25, 0.3) is 0 Å². The summed E-state index contributed by atoms with van der Waals surface area (Å²) in [7, 11) is -3.49. The van der Waals surface area contributed by atoms with Gasteiger partial charge in [0.15, 0.2) is 6.10 Å². The van der Waals surface area contributed by atoms with E-state index in [1.54, 1.807) is 24.3 Å². The molecule has 0 bridgehead atoms. The van der Waals surface area contributed by atoms with E-state index in [9.17, 15) is 13.2 Å². The van der Waals surface area contributed by atoms with E-state index in [0.717, 1.165) is 17.6 Å². The summed E-state index contributed by atoms with van der Waals surface area (Å²) in [6.07, 6.45) is 1.23. The van der Waals surface area contributed by atoms with E-state index in [0.29, 0.717) is 17.9 Å². The average Bonchev–Trinajstić information content (AvgIpc) is 2.86. The van der Waals surface area contributed by atoms with Gasteiger partial charge in [-0.1, -0.05) is 30.3 Å². The number of fused-ring (bicyclic) bond motifs is 2. The number of amides is 1. The fraction of sp³-hybridized carbons (Fsp3) is 0.409. The average molecular weight is 431 g/mol. The Balaban J connectivity index is 1.58. The molecule has 2 aliphatic rings. The number of hydrogen-bond donors (Lipinski definition) is 1. The van der Waals surface area contributed by atoms with E-state index < -0.39 is 21.7 Å². The Bertz CT molecular complexity index is 1070. The van der Waals surface area contributed by atoms with Gasteiger partial charge in [0, 0.05) is 24.9 Å². The molecule has 8 heteroatoms. The molecule has 0 unspecified atom stereocenters. The Hall–Kier alpha value is -2.74. The first kappa shape index (κ1) is 20.5. The zero-order valence-electron chi connectivity index (χ0n) is 17.3. The molecule has 0 saturated carbocycles. The van der Waals surface area contributed by atoms with Crippen LogP contribution in [0.4, 0.5) is 5.69 Å². The van der Waals surface area contributed by atoms with Gasteiger partial charge in [0.1, 0.15) is 17.1 Å². The molecule has 2 aromatic carbocycles. The molecule has 2 aromatic rings. The van der Waals surface area contributed by atoms with Gasteiger partial charge < -0.3 is 14.8 Å². The molecule has 4 rings (SSSR count). The molecule has 2 heterocycles. The third-order valence-electron chi connectivity index (χ3n) is 5.38. The molecule has 0 fully saturated rings. The van der Waals surface area contributed by atoms with E-state index in [1.807, 2.05) is 38.1 Å². The normalized spacial score (nSPS) is 22.6. The van der Waals surface area contributed by atoms with Crippen LogP contribution in [0.1, 0.15) is 38.3 Å². The Morgan fingerprint density at radius 3 is 2.50 bits per heavy atom. The molecular weight excluding hydrogens is 404 g/mol. The smallest absolute Gasteiger partial charge is 0.261 e. The minimum absolute atomic E-state index is 0.170. The van der Waals surface area contributed by atoms with Crippen molar-refractivity contribution < 1.29 is 22.7 Å². The Kier molecular flexibility index (Phi) is 5.13. The standard InChI is InChI=1S/C22H26N2O5S/c1-22(2)14-16(15-8-4-6-10-18(15)29-22)23-21(25)20-12-13-24(30(3,26)27)17-9-5-7-11-19(17)28-20/h4-11,16,20H,12-14H2,1-3H3,(H,23,25)/t16-,20+/m0/s1. The highest BCUT2D eigenvalue weighted by atomic mass is 32.2. The van der Waals surface area contributed by atoms with Crippen LogP contribution in [-0.4, -0.2) is 38.8 Å². The molecule has 2 atom stereocenters. The van der Waals surface area contributed by atoms with Crippen LogP contribution < -0.4 is 19.1 Å². The molecule has 30 heavy (non-hydrogen) atoms. The van der Waals surface area contributed by atoms with Crippen molar-refractivity contribution in [3.63, 3.8) is 0 Å². The van der Waals surface area contributed by atoms with Gasteiger partial charge in [-0.3, -0.25) is 9.10 Å². The molecule has 0 aromatic heterocycles. The van der Waals surface area contributed by atoms with Gasteiger partial charge in [0.25, 0.3) is 5.91 Å². The minimum Gasteiger partial charge on any atom is -0.487 e.